The van der Waals surface area contributed by atoms with Gasteiger partial charge in [0.05, 0.1) is 13.2 Å². The molecule has 1 aromatic carbocycles. The number of rotatable bonds is 5. The number of aryl methyl sites for hydroxylation is 2. The number of amides is 1. The second-order valence-electron chi connectivity index (χ2n) is 3.72. The van der Waals surface area contributed by atoms with E-state index < -0.39 is 6.09 Å². The maximum Gasteiger partial charge on any atom is 0.407 e. The molecule has 1 rings (SSSR count). The molecule has 0 aliphatic carbocycles. The van der Waals surface area contributed by atoms with Gasteiger partial charge in [-0.25, -0.2) is 4.79 Å². The monoisotopic (exact) mass is 237 g/mol. The number of hydrogen-bond donors (Lipinski definition) is 1. The molecular formula is C13H19NO3. The van der Waals surface area contributed by atoms with Crippen molar-refractivity contribution in [3.63, 3.8) is 0 Å². The molecule has 1 N–H and O–H groups in total. The molecule has 0 atom stereocenters. The zero-order valence-corrected chi connectivity index (χ0v) is 10.6. The fourth-order valence-electron chi connectivity index (χ4n) is 1.52. The number of ether oxygens (including phenoxy) is 2. The van der Waals surface area contributed by atoms with Crippen molar-refractivity contribution in [2.75, 3.05) is 19.8 Å². The molecule has 4 nitrogen and oxygen atoms in total. The molecule has 0 bridgehead atoms. The summed E-state index contributed by atoms with van der Waals surface area (Å²) in [6.07, 6.45) is -0.405. The molecule has 0 spiro atoms. The molecule has 0 radical (unpaired) electrons. The number of nitrogens with one attached hydrogen (secondary N) is 1. The summed E-state index contributed by atoms with van der Waals surface area (Å²) in [5.41, 5.74) is 2.20. The van der Waals surface area contributed by atoms with Crippen molar-refractivity contribution in [3.8, 4) is 5.75 Å². The zero-order chi connectivity index (χ0) is 12.7. The molecule has 4 heteroatoms. The predicted molar refractivity (Wildman–Crippen MR) is 66.4 cm³/mol. The lowest BCUT2D eigenvalue weighted by atomic mass is 10.1. The van der Waals surface area contributed by atoms with Gasteiger partial charge in [0, 0.05) is 0 Å². The Morgan fingerprint density at radius 3 is 2.53 bits per heavy atom. The molecule has 0 heterocycles. The molecule has 0 aromatic heterocycles. The van der Waals surface area contributed by atoms with Crippen LogP contribution in [0.4, 0.5) is 4.79 Å². The van der Waals surface area contributed by atoms with Gasteiger partial charge in [-0.3, -0.25) is 0 Å². The Kier molecular flexibility index (Phi) is 5.33. The van der Waals surface area contributed by atoms with Crippen LogP contribution in [0.2, 0.25) is 0 Å². The van der Waals surface area contributed by atoms with Gasteiger partial charge in [-0.05, 0) is 31.9 Å². The van der Waals surface area contributed by atoms with Gasteiger partial charge < -0.3 is 14.8 Å². The van der Waals surface area contributed by atoms with Gasteiger partial charge in [0.1, 0.15) is 12.4 Å². The third-order valence-electron chi connectivity index (χ3n) is 2.30. The van der Waals surface area contributed by atoms with Gasteiger partial charge in [0.15, 0.2) is 0 Å². The van der Waals surface area contributed by atoms with E-state index in [1.807, 2.05) is 32.0 Å². The quantitative estimate of drug-likeness (QED) is 0.800. The largest absolute Gasteiger partial charge is 0.491 e. The van der Waals surface area contributed by atoms with Crippen LogP contribution in [0.3, 0.4) is 0 Å². The number of carbonyl (C=O) groups excluding carboxylic acids is 1. The fourth-order valence-corrected chi connectivity index (χ4v) is 1.52. The normalized spacial score (nSPS) is 9.82. The first kappa shape index (κ1) is 13.4. The highest BCUT2D eigenvalue weighted by atomic mass is 16.5. The average Bonchev–Trinajstić information content (AvgIpc) is 2.28. The summed E-state index contributed by atoms with van der Waals surface area (Å²) in [6.45, 7) is 7.02. The van der Waals surface area contributed by atoms with Crippen LogP contribution in [0.1, 0.15) is 18.1 Å². The van der Waals surface area contributed by atoms with E-state index in [1.54, 1.807) is 6.92 Å². The summed E-state index contributed by atoms with van der Waals surface area (Å²) in [5, 5.41) is 2.61. The third kappa shape index (κ3) is 4.34. The summed E-state index contributed by atoms with van der Waals surface area (Å²) in [6, 6.07) is 6.00. The van der Waals surface area contributed by atoms with Crippen molar-refractivity contribution >= 4 is 6.09 Å². The summed E-state index contributed by atoms with van der Waals surface area (Å²) in [4.78, 5) is 11.0. The molecular weight excluding hydrogens is 218 g/mol. The molecule has 0 aliphatic rings. The Hall–Kier alpha value is -1.71. The second-order valence-corrected chi connectivity index (χ2v) is 3.72. The standard InChI is InChI=1S/C13H19NO3/c1-4-16-13(15)14-8-9-17-12-10(2)6-5-7-11(12)3/h5-7H,4,8-9H2,1-3H3,(H,14,15). The van der Waals surface area contributed by atoms with E-state index in [0.29, 0.717) is 19.8 Å². The lowest BCUT2D eigenvalue weighted by molar-refractivity contribution is 0.150. The number of alkyl carbamates (subject to hydrolysis) is 1. The maximum absolute atomic E-state index is 11.0. The number of carbonyl (C=O) groups is 1. The number of para-hydroxylation sites is 1. The van der Waals surface area contributed by atoms with E-state index in [9.17, 15) is 4.79 Å². The van der Waals surface area contributed by atoms with Crippen molar-refractivity contribution in [3.05, 3.63) is 29.3 Å². The van der Waals surface area contributed by atoms with Gasteiger partial charge in [-0.2, -0.15) is 0 Å². The van der Waals surface area contributed by atoms with Crippen molar-refractivity contribution in [1.82, 2.24) is 5.32 Å². The number of hydrogen-bond acceptors (Lipinski definition) is 3. The maximum atomic E-state index is 11.0. The van der Waals surface area contributed by atoms with E-state index in [-0.39, 0.29) is 0 Å². The first-order valence-electron chi connectivity index (χ1n) is 5.74. The van der Waals surface area contributed by atoms with Crippen LogP contribution in [0.25, 0.3) is 0 Å². The van der Waals surface area contributed by atoms with Crippen LogP contribution in [0, 0.1) is 13.8 Å². The Morgan fingerprint density at radius 2 is 1.94 bits per heavy atom. The lowest BCUT2D eigenvalue weighted by Crippen LogP contribution is -2.28. The van der Waals surface area contributed by atoms with E-state index in [4.69, 9.17) is 9.47 Å². The molecule has 0 saturated carbocycles. The van der Waals surface area contributed by atoms with Gasteiger partial charge in [-0.1, -0.05) is 18.2 Å². The Bertz CT molecular complexity index is 357. The third-order valence-corrected chi connectivity index (χ3v) is 2.30. The molecule has 0 saturated heterocycles. The van der Waals surface area contributed by atoms with Gasteiger partial charge in [0.2, 0.25) is 0 Å². The molecule has 0 aliphatic heterocycles. The van der Waals surface area contributed by atoms with Crippen LogP contribution >= 0.6 is 0 Å². The van der Waals surface area contributed by atoms with Gasteiger partial charge in [0.25, 0.3) is 0 Å². The van der Waals surface area contributed by atoms with Gasteiger partial charge in [-0.15, -0.1) is 0 Å². The molecule has 0 unspecified atom stereocenters. The van der Waals surface area contributed by atoms with Crippen LogP contribution in [0.15, 0.2) is 18.2 Å². The Labute approximate surface area is 102 Å². The van der Waals surface area contributed by atoms with Gasteiger partial charge >= 0.3 is 6.09 Å². The van der Waals surface area contributed by atoms with E-state index in [0.717, 1.165) is 16.9 Å². The first-order chi connectivity index (χ1) is 8.15. The van der Waals surface area contributed by atoms with Crippen LogP contribution in [-0.4, -0.2) is 25.9 Å². The highest BCUT2D eigenvalue weighted by molar-refractivity contribution is 5.66. The van der Waals surface area contributed by atoms with E-state index in [2.05, 4.69) is 5.32 Å². The van der Waals surface area contributed by atoms with Crippen molar-refractivity contribution < 1.29 is 14.3 Å². The van der Waals surface area contributed by atoms with E-state index in [1.165, 1.54) is 0 Å². The fraction of sp³-hybridized carbons (Fsp3) is 0.462. The van der Waals surface area contributed by atoms with Crippen LogP contribution in [-0.2, 0) is 4.74 Å². The summed E-state index contributed by atoms with van der Waals surface area (Å²) >= 11 is 0. The SMILES string of the molecule is CCOC(=O)NCCOc1c(C)cccc1C. The first-order valence-corrected chi connectivity index (χ1v) is 5.74. The number of benzene rings is 1. The predicted octanol–water partition coefficient (Wildman–Crippen LogP) is 2.43. The highest BCUT2D eigenvalue weighted by Gasteiger charge is 2.03. The molecule has 0 fully saturated rings. The Balaban J connectivity index is 2.34. The summed E-state index contributed by atoms with van der Waals surface area (Å²) < 4.78 is 10.4. The summed E-state index contributed by atoms with van der Waals surface area (Å²) in [7, 11) is 0. The molecule has 17 heavy (non-hydrogen) atoms. The zero-order valence-electron chi connectivity index (χ0n) is 10.6. The highest BCUT2D eigenvalue weighted by Crippen LogP contribution is 2.21. The minimum Gasteiger partial charge on any atom is -0.491 e. The minimum absolute atomic E-state index is 0.379. The molecule has 94 valence electrons. The molecule has 1 amide bonds. The summed E-state index contributed by atoms with van der Waals surface area (Å²) in [5.74, 6) is 0.887. The molecule has 1 aromatic rings. The average molecular weight is 237 g/mol. The lowest BCUT2D eigenvalue weighted by Gasteiger charge is -2.12. The second kappa shape index (κ2) is 6.78. The Morgan fingerprint density at radius 1 is 1.29 bits per heavy atom. The van der Waals surface area contributed by atoms with Crippen LogP contribution < -0.4 is 10.1 Å². The van der Waals surface area contributed by atoms with Crippen molar-refractivity contribution in [2.45, 2.75) is 20.8 Å². The van der Waals surface area contributed by atoms with Crippen molar-refractivity contribution in [2.24, 2.45) is 0 Å². The smallest absolute Gasteiger partial charge is 0.407 e. The topological polar surface area (TPSA) is 47.6 Å². The van der Waals surface area contributed by atoms with Crippen molar-refractivity contribution in [1.29, 1.82) is 0 Å². The van der Waals surface area contributed by atoms with Crippen LogP contribution in [0.5, 0.6) is 5.75 Å². The van der Waals surface area contributed by atoms with E-state index >= 15 is 0 Å². The minimum atomic E-state index is -0.405.